The second-order valence-corrected chi connectivity index (χ2v) is 10.9. The summed E-state index contributed by atoms with van der Waals surface area (Å²) in [6.45, 7) is 7.76. The fraction of sp³-hybridized carbons (Fsp3) is 0.387. The first-order valence-electron chi connectivity index (χ1n) is 13.2. The van der Waals surface area contributed by atoms with Gasteiger partial charge in [0.05, 0.1) is 26.4 Å². The summed E-state index contributed by atoms with van der Waals surface area (Å²) in [7, 11) is 0. The Morgan fingerprint density at radius 2 is 1.21 bits per heavy atom. The zero-order valence-corrected chi connectivity index (χ0v) is 23.7. The Labute approximate surface area is 236 Å². The zero-order valence-electron chi connectivity index (χ0n) is 22.1. The van der Waals surface area contributed by atoms with Crippen LogP contribution in [0.1, 0.15) is 30.5 Å². The Hall–Kier alpha value is -2.26. The summed E-state index contributed by atoms with van der Waals surface area (Å²) in [5.74, 6) is 0. The second-order valence-electron chi connectivity index (χ2n) is 9.12. The minimum Gasteiger partial charge on any atom is -0.374 e. The fourth-order valence-corrected chi connectivity index (χ4v) is 6.07. The lowest BCUT2D eigenvalue weighted by Crippen LogP contribution is -2.39. The van der Waals surface area contributed by atoms with E-state index in [9.17, 15) is 0 Å². The van der Waals surface area contributed by atoms with Crippen LogP contribution in [0.2, 0.25) is 0 Å². The molecule has 1 heterocycles. The molecule has 202 valence electrons. The smallest absolute Gasteiger partial charge is 0.139 e. The van der Waals surface area contributed by atoms with E-state index >= 15 is 0 Å². The largest absolute Gasteiger partial charge is 0.374 e. The third kappa shape index (κ3) is 8.37. The van der Waals surface area contributed by atoms with Crippen molar-refractivity contribution in [2.24, 2.45) is 0 Å². The van der Waals surface area contributed by atoms with Gasteiger partial charge in [-0.2, -0.15) is 0 Å². The quantitative estimate of drug-likeness (QED) is 0.226. The lowest BCUT2D eigenvalue weighted by molar-refractivity contribution is -0.0895. The molecule has 0 amide bonds. The van der Waals surface area contributed by atoms with Crippen LogP contribution in [0, 0.1) is 0 Å². The van der Waals surface area contributed by atoms with Crippen molar-refractivity contribution in [3.8, 4) is 0 Å². The van der Waals surface area contributed by atoms with E-state index in [0.29, 0.717) is 26.4 Å². The number of hydrogen-bond acceptors (Lipinski definition) is 6. The van der Waals surface area contributed by atoms with Gasteiger partial charge in [-0.05, 0) is 30.5 Å². The van der Waals surface area contributed by atoms with Crippen LogP contribution in [0.4, 0.5) is 0 Å². The summed E-state index contributed by atoms with van der Waals surface area (Å²) in [5, 5.41) is 0. The number of rotatable bonds is 13. The van der Waals surface area contributed by atoms with Gasteiger partial charge in [-0.25, -0.2) is 0 Å². The lowest BCUT2D eigenvalue weighted by atomic mass is 10.1. The molecule has 1 aliphatic rings. The molecule has 1 aliphatic heterocycles. The van der Waals surface area contributed by atoms with Crippen LogP contribution in [0.5, 0.6) is 0 Å². The highest BCUT2D eigenvalue weighted by Gasteiger charge is 2.47. The molecule has 0 spiro atoms. The standard InChI is InChI=1S/C31H37NO4S2/c1-3-32(4-2)31(37)38-30-29(35-22-26-18-12-7-13-19-26)28(34-21-25-16-10-6-11-17-25)27(36-30)23-33-20-24-14-8-5-9-15-24/h5-19,27-30H,3-4,20-23H2,1-2H3/t27-,28-,29-,30-/m1/s1. The average molecular weight is 552 g/mol. The molecule has 0 bridgehead atoms. The van der Waals surface area contributed by atoms with E-state index in [1.165, 1.54) is 0 Å². The Morgan fingerprint density at radius 3 is 1.71 bits per heavy atom. The molecular formula is C31H37NO4S2. The van der Waals surface area contributed by atoms with Crippen molar-refractivity contribution in [2.45, 2.75) is 57.4 Å². The highest BCUT2D eigenvalue weighted by molar-refractivity contribution is 8.23. The molecule has 3 aromatic rings. The van der Waals surface area contributed by atoms with E-state index in [4.69, 9.17) is 31.2 Å². The van der Waals surface area contributed by atoms with Crippen molar-refractivity contribution in [1.82, 2.24) is 4.90 Å². The summed E-state index contributed by atoms with van der Waals surface area (Å²) in [6.07, 6.45) is -0.922. The molecule has 1 saturated heterocycles. The zero-order chi connectivity index (χ0) is 26.6. The van der Waals surface area contributed by atoms with Gasteiger partial charge in [0.25, 0.3) is 0 Å². The second kappa shape index (κ2) is 15.4. The van der Waals surface area contributed by atoms with Crippen LogP contribution in [0.25, 0.3) is 0 Å². The maximum Gasteiger partial charge on any atom is 0.139 e. The van der Waals surface area contributed by atoms with Gasteiger partial charge in [0.2, 0.25) is 0 Å². The van der Waals surface area contributed by atoms with Crippen LogP contribution >= 0.6 is 24.0 Å². The van der Waals surface area contributed by atoms with Gasteiger partial charge in [-0.15, -0.1) is 0 Å². The Balaban J connectivity index is 1.51. The summed E-state index contributed by atoms with van der Waals surface area (Å²) >= 11 is 7.33. The summed E-state index contributed by atoms with van der Waals surface area (Å²) in [5.41, 5.74) is 3.02. The minimum absolute atomic E-state index is 0.291. The minimum atomic E-state index is -0.317. The van der Waals surface area contributed by atoms with Crippen LogP contribution in [-0.2, 0) is 38.8 Å². The predicted molar refractivity (Wildman–Crippen MR) is 158 cm³/mol. The lowest BCUT2D eigenvalue weighted by Gasteiger charge is -2.27. The maximum absolute atomic E-state index is 6.59. The molecule has 0 radical (unpaired) electrons. The molecule has 0 aromatic heterocycles. The molecule has 7 heteroatoms. The van der Waals surface area contributed by atoms with Crippen LogP contribution in [0.3, 0.4) is 0 Å². The van der Waals surface area contributed by atoms with Crippen LogP contribution in [0.15, 0.2) is 91.0 Å². The first-order chi connectivity index (χ1) is 18.7. The number of hydrogen-bond donors (Lipinski definition) is 0. The topological polar surface area (TPSA) is 40.2 Å². The number of ether oxygens (including phenoxy) is 4. The van der Waals surface area contributed by atoms with Crippen molar-refractivity contribution in [2.75, 3.05) is 19.7 Å². The first kappa shape index (κ1) is 28.7. The normalized spacial score (nSPS) is 20.9. The van der Waals surface area contributed by atoms with Gasteiger partial charge in [0.1, 0.15) is 28.1 Å². The molecule has 3 aromatic carbocycles. The molecule has 38 heavy (non-hydrogen) atoms. The Bertz CT molecular complexity index is 1080. The van der Waals surface area contributed by atoms with Crippen molar-refractivity contribution in [3.63, 3.8) is 0 Å². The van der Waals surface area contributed by atoms with Gasteiger partial charge >= 0.3 is 0 Å². The number of nitrogens with zero attached hydrogens (tertiary/aromatic N) is 1. The van der Waals surface area contributed by atoms with E-state index in [2.05, 4.69) is 55.1 Å². The number of benzene rings is 3. The molecule has 0 aliphatic carbocycles. The van der Waals surface area contributed by atoms with E-state index in [-0.39, 0.29) is 23.7 Å². The predicted octanol–water partition coefficient (Wildman–Crippen LogP) is 6.46. The van der Waals surface area contributed by atoms with Crippen LogP contribution in [-0.4, -0.2) is 52.7 Å². The summed E-state index contributed by atoms with van der Waals surface area (Å²) in [4.78, 5) is 2.16. The Morgan fingerprint density at radius 1 is 0.737 bits per heavy atom. The summed E-state index contributed by atoms with van der Waals surface area (Å²) in [6, 6.07) is 30.5. The molecule has 0 N–H and O–H groups in total. The first-order valence-corrected chi connectivity index (χ1v) is 14.5. The van der Waals surface area contributed by atoms with E-state index < -0.39 is 0 Å². The van der Waals surface area contributed by atoms with Gasteiger partial charge in [0.15, 0.2) is 0 Å². The van der Waals surface area contributed by atoms with Crippen molar-refractivity contribution in [3.05, 3.63) is 108 Å². The molecule has 5 nitrogen and oxygen atoms in total. The van der Waals surface area contributed by atoms with E-state index in [1.54, 1.807) is 11.8 Å². The van der Waals surface area contributed by atoms with Crippen molar-refractivity contribution in [1.29, 1.82) is 0 Å². The molecule has 0 unspecified atom stereocenters. The van der Waals surface area contributed by atoms with Gasteiger partial charge in [-0.3, -0.25) is 0 Å². The third-order valence-electron chi connectivity index (χ3n) is 6.47. The monoisotopic (exact) mass is 551 g/mol. The molecule has 1 fully saturated rings. The number of thioether (sulfide) groups is 1. The molecule has 4 rings (SSSR count). The highest BCUT2D eigenvalue weighted by Crippen LogP contribution is 2.36. The van der Waals surface area contributed by atoms with Crippen molar-refractivity contribution >= 4 is 28.3 Å². The SMILES string of the molecule is CCN(CC)C(=S)S[C@H]1O[C@H](COCc2ccccc2)[C@@H](OCc2ccccc2)[C@H]1OCc1ccccc1. The maximum atomic E-state index is 6.59. The molecule has 4 atom stereocenters. The molecule has 0 saturated carbocycles. The summed E-state index contributed by atoms with van der Waals surface area (Å²) < 4.78 is 26.6. The number of thiocarbonyl (C=S) groups is 1. The average Bonchev–Trinajstić information content (AvgIpc) is 3.28. The third-order valence-corrected chi connectivity index (χ3v) is 8.09. The van der Waals surface area contributed by atoms with E-state index in [0.717, 1.165) is 34.1 Å². The van der Waals surface area contributed by atoms with Gasteiger partial charge < -0.3 is 23.8 Å². The highest BCUT2D eigenvalue weighted by atomic mass is 32.2. The van der Waals surface area contributed by atoms with Crippen LogP contribution < -0.4 is 0 Å². The van der Waals surface area contributed by atoms with Gasteiger partial charge in [-0.1, -0.05) is 115 Å². The Kier molecular flexibility index (Phi) is 11.6. The van der Waals surface area contributed by atoms with Gasteiger partial charge in [0, 0.05) is 13.1 Å². The van der Waals surface area contributed by atoms with E-state index in [1.807, 2.05) is 54.6 Å². The molecular weight excluding hydrogens is 514 g/mol. The van der Waals surface area contributed by atoms with Crippen molar-refractivity contribution < 1.29 is 18.9 Å². The fourth-order valence-electron chi connectivity index (χ4n) is 4.35.